The molecular weight excluding hydrogens is 398 g/mol. The second kappa shape index (κ2) is 8.94. The fraction of sp³-hybridized carbons (Fsp3) is 0.350. The smallest absolute Gasteiger partial charge is 0.231 e. The minimum absolute atomic E-state index is 0.126. The lowest BCUT2D eigenvalue weighted by Gasteiger charge is -2.21. The van der Waals surface area contributed by atoms with Gasteiger partial charge in [-0.2, -0.15) is 0 Å². The first-order valence-electron chi connectivity index (χ1n) is 8.71. The molecule has 0 saturated carbocycles. The number of nitrogens with zero attached hydrogens (tertiary/aromatic N) is 1. The van der Waals surface area contributed by atoms with Crippen LogP contribution < -0.4 is 14.2 Å². The fourth-order valence-electron chi connectivity index (χ4n) is 2.76. The van der Waals surface area contributed by atoms with Gasteiger partial charge in [-0.05, 0) is 59.1 Å². The summed E-state index contributed by atoms with van der Waals surface area (Å²) >= 11 is 3.45. The fourth-order valence-corrected chi connectivity index (χ4v) is 3.16. The quantitative estimate of drug-likeness (QED) is 0.595. The number of rotatable bonds is 8. The van der Waals surface area contributed by atoms with Crippen molar-refractivity contribution in [1.82, 2.24) is 4.90 Å². The number of hydrogen-bond donors (Lipinski definition) is 0. The summed E-state index contributed by atoms with van der Waals surface area (Å²) in [6.45, 7) is 3.99. The molecule has 1 amide bonds. The van der Waals surface area contributed by atoms with Gasteiger partial charge in [0.05, 0.1) is 11.1 Å². The van der Waals surface area contributed by atoms with E-state index in [0.717, 1.165) is 27.3 Å². The minimum atomic E-state index is 0.126. The van der Waals surface area contributed by atoms with Gasteiger partial charge in [0.15, 0.2) is 11.5 Å². The van der Waals surface area contributed by atoms with Crippen LogP contribution in [0.3, 0.4) is 0 Å². The first-order chi connectivity index (χ1) is 12.7. The Kier molecular flexibility index (Phi) is 6.39. The van der Waals surface area contributed by atoms with Crippen LogP contribution in [0.15, 0.2) is 46.9 Å². The van der Waals surface area contributed by atoms with Crippen LogP contribution in [0.1, 0.15) is 25.3 Å². The summed E-state index contributed by atoms with van der Waals surface area (Å²) in [6.07, 6.45) is 1.14. The number of amides is 1. The third kappa shape index (κ3) is 4.69. The van der Waals surface area contributed by atoms with Gasteiger partial charge in [0.25, 0.3) is 0 Å². The maximum atomic E-state index is 12.5. The Morgan fingerprint density at radius 3 is 2.81 bits per heavy atom. The summed E-state index contributed by atoms with van der Waals surface area (Å²) in [7, 11) is 0. The van der Waals surface area contributed by atoms with Crippen LogP contribution in [0.4, 0.5) is 0 Å². The molecule has 3 rings (SSSR count). The Balaban J connectivity index is 1.47. The van der Waals surface area contributed by atoms with E-state index in [2.05, 4.69) is 15.9 Å². The van der Waals surface area contributed by atoms with Crippen LogP contribution in [0.5, 0.6) is 17.2 Å². The summed E-state index contributed by atoms with van der Waals surface area (Å²) < 4.78 is 17.4. The molecule has 1 aliphatic rings. The molecule has 0 atom stereocenters. The van der Waals surface area contributed by atoms with E-state index >= 15 is 0 Å². The van der Waals surface area contributed by atoms with Crippen molar-refractivity contribution >= 4 is 21.8 Å². The molecule has 0 radical (unpaired) electrons. The summed E-state index contributed by atoms with van der Waals surface area (Å²) in [5.41, 5.74) is 1.04. The second-order valence-corrected chi connectivity index (χ2v) is 6.83. The summed E-state index contributed by atoms with van der Waals surface area (Å²) in [6, 6.07) is 13.5. The highest BCUT2D eigenvalue weighted by atomic mass is 79.9. The molecule has 0 fully saturated rings. The van der Waals surface area contributed by atoms with Crippen molar-refractivity contribution in [3.05, 3.63) is 52.5 Å². The van der Waals surface area contributed by atoms with Crippen molar-refractivity contribution in [2.45, 2.75) is 26.3 Å². The van der Waals surface area contributed by atoms with E-state index < -0.39 is 0 Å². The van der Waals surface area contributed by atoms with Crippen LogP contribution in [-0.2, 0) is 11.3 Å². The lowest BCUT2D eigenvalue weighted by Crippen LogP contribution is -2.30. The first kappa shape index (κ1) is 18.6. The van der Waals surface area contributed by atoms with Gasteiger partial charge in [-0.25, -0.2) is 0 Å². The predicted octanol–water partition coefficient (Wildman–Crippen LogP) is 4.39. The van der Waals surface area contributed by atoms with E-state index in [4.69, 9.17) is 14.2 Å². The van der Waals surface area contributed by atoms with Gasteiger partial charge in [-0.1, -0.05) is 18.2 Å². The lowest BCUT2D eigenvalue weighted by atomic mass is 10.1. The van der Waals surface area contributed by atoms with Crippen molar-refractivity contribution in [1.29, 1.82) is 0 Å². The zero-order chi connectivity index (χ0) is 18.4. The van der Waals surface area contributed by atoms with E-state index in [0.29, 0.717) is 32.5 Å². The molecule has 1 heterocycles. The zero-order valence-corrected chi connectivity index (χ0v) is 16.3. The van der Waals surface area contributed by atoms with Crippen LogP contribution in [0.25, 0.3) is 0 Å². The molecule has 0 N–H and O–H groups in total. The normalized spacial score (nSPS) is 12.1. The number of para-hydroxylation sites is 1. The van der Waals surface area contributed by atoms with Crippen molar-refractivity contribution in [2.75, 3.05) is 19.9 Å². The molecular formula is C20H22BrNO4. The van der Waals surface area contributed by atoms with Crippen LogP contribution in [0, 0.1) is 0 Å². The van der Waals surface area contributed by atoms with Crippen molar-refractivity contribution in [3.8, 4) is 17.2 Å². The molecule has 6 heteroatoms. The summed E-state index contributed by atoms with van der Waals surface area (Å²) in [4.78, 5) is 14.3. The Bertz CT molecular complexity index is 765. The SMILES string of the molecule is CCN(Cc1ccc2c(c1)OCO2)C(=O)CCCOc1ccccc1Br. The molecule has 0 saturated heterocycles. The Hall–Kier alpha value is -2.21. The van der Waals surface area contributed by atoms with Gasteiger partial charge in [0.1, 0.15) is 5.75 Å². The van der Waals surface area contributed by atoms with E-state index in [-0.39, 0.29) is 12.7 Å². The molecule has 0 bridgehead atoms. The molecule has 0 spiro atoms. The summed E-state index contributed by atoms with van der Waals surface area (Å²) in [5, 5.41) is 0. The van der Waals surface area contributed by atoms with Gasteiger partial charge in [0, 0.05) is 19.5 Å². The highest BCUT2D eigenvalue weighted by Crippen LogP contribution is 2.32. The minimum Gasteiger partial charge on any atom is -0.492 e. The molecule has 0 unspecified atom stereocenters. The molecule has 1 aliphatic heterocycles. The molecule has 5 nitrogen and oxygen atoms in total. The number of ether oxygens (including phenoxy) is 3. The maximum absolute atomic E-state index is 12.5. The van der Waals surface area contributed by atoms with Gasteiger partial charge in [-0.3, -0.25) is 4.79 Å². The van der Waals surface area contributed by atoms with Crippen molar-refractivity contribution in [2.24, 2.45) is 0 Å². The maximum Gasteiger partial charge on any atom is 0.231 e. The van der Waals surface area contributed by atoms with E-state index in [1.807, 2.05) is 54.3 Å². The summed E-state index contributed by atoms with van der Waals surface area (Å²) in [5.74, 6) is 2.42. The van der Waals surface area contributed by atoms with Crippen LogP contribution in [0.2, 0.25) is 0 Å². The van der Waals surface area contributed by atoms with E-state index in [1.165, 1.54) is 0 Å². The number of fused-ring (bicyclic) bond motifs is 1. The van der Waals surface area contributed by atoms with Crippen molar-refractivity contribution in [3.63, 3.8) is 0 Å². The monoisotopic (exact) mass is 419 g/mol. The van der Waals surface area contributed by atoms with Crippen molar-refractivity contribution < 1.29 is 19.0 Å². The number of halogens is 1. The van der Waals surface area contributed by atoms with Gasteiger partial charge in [0.2, 0.25) is 12.7 Å². The molecule has 138 valence electrons. The largest absolute Gasteiger partial charge is 0.492 e. The third-order valence-corrected chi connectivity index (χ3v) is 4.83. The second-order valence-electron chi connectivity index (χ2n) is 5.98. The molecule has 0 aromatic heterocycles. The number of benzene rings is 2. The van der Waals surface area contributed by atoms with Crippen LogP contribution >= 0.6 is 15.9 Å². The number of carbonyl (C=O) groups excluding carboxylic acids is 1. The lowest BCUT2D eigenvalue weighted by molar-refractivity contribution is -0.131. The highest BCUT2D eigenvalue weighted by Gasteiger charge is 2.16. The number of carbonyl (C=O) groups is 1. The van der Waals surface area contributed by atoms with E-state index in [9.17, 15) is 4.79 Å². The molecule has 2 aromatic carbocycles. The molecule has 2 aromatic rings. The predicted molar refractivity (Wildman–Crippen MR) is 103 cm³/mol. The van der Waals surface area contributed by atoms with E-state index in [1.54, 1.807) is 0 Å². The van der Waals surface area contributed by atoms with Gasteiger partial charge < -0.3 is 19.1 Å². The van der Waals surface area contributed by atoms with Gasteiger partial charge in [-0.15, -0.1) is 0 Å². The Labute approximate surface area is 162 Å². The Morgan fingerprint density at radius 2 is 2.00 bits per heavy atom. The van der Waals surface area contributed by atoms with Gasteiger partial charge >= 0.3 is 0 Å². The molecule has 0 aliphatic carbocycles. The topological polar surface area (TPSA) is 48.0 Å². The first-order valence-corrected chi connectivity index (χ1v) is 9.50. The van der Waals surface area contributed by atoms with Crippen LogP contribution in [-0.4, -0.2) is 30.8 Å². The average molecular weight is 420 g/mol. The zero-order valence-electron chi connectivity index (χ0n) is 14.7. The molecule has 26 heavy (non-hydrogen) atoms. The standard InChI is InChI=1S/C20H22BrNO4/c1-2-22(13-15-9-10-18-19(12-15)26-14-25-18)20(23)8-5-11-24-17-7-4-3-6-16(17)21/h3-4,6-7,9-10,12H,2,5,8,11,13-14H2,1H3. The highest BCUT2D eigenvalue weighted by molar-refractivity contribution is 9.10. The third-order valence-electron chi connectivity index (χ3n) is 4.17. The average Bonchev–Trinajstić information content (AvgIpc) is 3.12. The Morgan fingerprint density at radius 1 is 1.19 bits per heavy atom. The number of hydrogen-bond acceptors (Lipinski definition) is 4.